The summed E-state index contributed by atoms with van der Waals surface area (Å²) < 4.78 is 0. The SMILES string of the molecule is CCC(C)(C)NC(=O)N1CC2CCCC2C1C(=O)O. The van der Waals surface area contributed by atoms with Gasteiger partial charge in [0.05, 0.1) is 0 Å². The molecule has 0 aromatic carbocycles. The molecule has 2 aliphatic rings. The van der Waals surface area contributed by atoms with Crippen molar-refractivity contribution in [3.63, 3.8) is 0 Å². The number of amides is 2. The number of likely N-dealkylation sites (tertiary alicyclic amines) is 1. The Hall–Kier alpha value is -1.26. The Kier molecular flexibility index (Phi) is 3.74. The molecule has 108 valence electrons. The Morgan fingerprint density at radius 2 is 2.05 bits per heavy atom. The third kappa shape index (κ3) is 2.69. The van der Waals surface area contributed by atoms with Gasteiger partial charge in [-0.3, -0.25) is 0 Å². The van der Waals surface area contributed by atoms with Crippen molar-refractivity contribution in [3.05, 3.63) is 0 Å². The number of hydrogen-bond donors (Lipinski definition) is 2. The van der Waals surface area contributed by atoms with E-state index in [1.165, 1.54) is 4.90 Å². The zero-order chi connectivity index (χ0) is 14.2. The minimum Gasteiger partial charge on any atom is -0.480 e. The topological polar surface area (TPSA) is 69.6 Å². The zero-order valence-electron chi connectivity index (χ0n) is 12.0. The van der Waals surface area contributed by atoms with Gasteiger partial charge >= 0.3 is 12.0 Å². The van der Waals surface area contributed by atoms with Gasteiger partial charge in [0, 0.05) is 12.1 Å². The zero-order valence-corrected chi connectivity index (χ0v) is 12.0. The average molecular weight is 268 g/mol. The number of carboxylic acid groups (broad SMARTS) is 1. The Morgan fingerprint density at radius 3 is 2.63 bits per heavy atom. The van der Waals surface area contributed by atoms with Gasteiger partial charge in [0.2, 0.25) is 0 Å². The number of carboxylic acids is 1. The summed E-state index contributed by atoms with van der Waals surface area (Å²) >= 11 is 0. The molecule has 2 rings (SSSR count). The second kappa shape index (κ2) is 5.02. The lowest BCUT2D eigenvalue weighted by Crippen LogP contribution is -2.53. The van der Waals surface area contributed by atoms with Crippen molar-refractivity contribution in [1.29, 1.82) is 0 Å². The maximum atomic E-state index is 12.3. The number of fused-ring (bicyclic) bond motifs is 1. The maximum Gasteiger partial charge on any atom is 0.326 e. The van der Waals surface area contributed by atoms with Gasteiger partial charge in [-0.25, -0.2) is 9.59 Å². The number of nitrogens with zero attached hydrogens (tertiary/aromatic N) is 1. The lowest BCUT2D eigenvalue weighted by molar-refractivity contribution is -0.142. The summed E-state index contributed by atoms with van der Waals surface area (Å²) in [6.07, 6.45) is 3.89. The molecule has 0 radical (unpaired) electrons. The van der Waals surface area contributed by atoms with Gasteiger partial charge in [-0.1, -0.05) is 13.3 Å². The minimum absolute atomic E-state index is 0.146. The molecule has 0 bridgehead atoms. The number of aliphatic carboxylic acids is 1. The first kappa shape index (κ1) is 14.2. The van der Waals surface area contributed by atoms with E-state index in [0.717, 1.165) is 25.7 Å². The molecule has 1 saturated carbocycles. The Labute approximate surface area is 114 Å². The summed E-state index contributed by atoms with van der Waals surface area (Å²) in [4.78, 5) is 25.3. The molecule has 2 fully saturated rings. The second-order valence-corrected chi connectivity index (χ2v) is 6.46. The highest BCUT2D eigenvalue weighted by Crippen LogP contribution is 2.42. The Balaban J connectivity index is 2.11. The first-order valence-corrected chi connectivity index (χ1v) is 7.17. The van der Waals surface area contributed by atoms with E-state index in [2.05, 4.69) is 5.32 Å². The van der Waals surface area contributed by atoms with Crippen molar-refractivity contribution < 1.29 is 14.7 Å². The van der Waals surface area contributed by atoms with Crippen LogP contribution in [0.25, 0.3) is 0 Å². The second-order valence-electron chi connectivity index (χ2n) is 6.46. The van der Waals surface area contributed by atoms with Gasteiger partial charge in [-0.15, -0.1) is 0 Å². The van der Waals surface area contributed by atoms with E-state index in [0.29, 0.717) is 12.5 Å². The largest absolute Gasteiger partial charge is 0.480 e. The highest BCUT2D eigenvalue weighted by Gasteiger charge is 2.49. The molecule has 3 atom stereocenters. The molecule has 1 saturated heterocycles. The standard InChI is InChI=1S/C14H24N2O3/c1-4-14(2,3)15-13(19)16-8-9-6-5-7-10(9)11(16)12(17)18/h9-11H,4-8H2,1-3H3,(H,15,19)(H,17,18). The van der Waals surface area contributed by atoms with Crippen LogP contribution in [0.15, 0.2) is 0 Å². The van der Waals surface area contributed by atoms with Crippen LogP contribution in [0, 0.1) is 11.8 Å². The van der Waals surface area contributed by atoms with E-state index in [9.17, 15) is 14.7 Å². The molecule has 0 aromatic rings. The first-order chi connectivity index (χ1) is 8.85. The van der Waals surface area contributed by atoms with Gasteiger partial charge in [0.25, 0.3) is 0 Å². The van der Waals surface area contributed by atoms with Crippen LogP contribution in [0.1, 0.15) is 46.5 Å². The van der Waals surface area contributed by atoms with E-state index in [4.69, 9.17) is 0 Å². The third-order valence-electron chi connectivity index (χ3n) is 4.73. The van der Waals surface area contributed by atoms with Crippen molar-refractivity contribution in [2.45, 2.75) is 58.0 Å². The quantitative estimate of drug-likeness (QED) is 0.823. The Bertz CT molecular complexity index is 381. The van der Waals surface area contributed by atoms with E-state index in [1.54, 1.807) is 0 Å². The number of carbonyl (C=O) groups excluding carboxylic acids is 1. The Morgan fingerprint density at radius 1 is 1.37 bits per heavy atom. The van der Waals surface area contributed by atoms with Crippen LogP contribution in [0.2, 0.25) is 0 Å². The van der Waals surface area contributed by atoms with E-state index < -0.39 is 12.0 Å². The number of rotatable bonds is 3. The summed E-state index contributed by atoms with van der Waals surface area (Å²) in [5.41, 5.74) is -0.294. The van der Waals surface area contributed by atoms with Crippen molar-refractivity contribution >= 4 is 12.0 Å². The lowest BCUT2D eigenvalue weighted by atomic mass is 9.94. The van der Waals surface area contributed by atoms with Gasteiger partial charge in [0.1, 0.15) is 6.04 Å². The summed E-state index contributed by atoms with van der Waals surface area (Å²) in [5.74, 6) is -0.344. The number of hydrogen-bond acceptors (Lipinski definition) is 2. The van der Waals surface area contributed by atoms with Gasteiger partial charge in [-0.05, 0) is 44.9 Å². The predicted molar refractivity (Wildman–Crippen MR) is 71.9 cm³/mol. The van der Waals surface area contributed by atoms with Gasteiger partial charge in [0.15, 0.2) is 0 Å². The highest BCUT2D eigenvalue weighted by molar-refractivity contribution is 5.84. The van der Waals surface area contributed by atoms with Crippen LogP contribution in [0.3, 0.4) is 0 Å². The maximum absolute atomic E-state index is 12.3. The van der Waals surface area contributed by atoms with Crippen molar-refractivity contribution in [2.75, 3.05) is 6.54 Å². The summed E-state index contributed by atoms with van der Waals surface area (Å²) in [7, 11) is 0. The fourth-order valence-corrected chi connectivity index (χ4v) is 3.28. The molecule has 0 aromatic heterocycles. The van der Waals surface area contributed by atoms with Crippen LogP contribution in [0.5, 0.6) is 0 Å². The fraction of sp³-hybridized carbons (Fsp3) is 0.857. The first-order valence-electron chi connectivity index (χ1n) is 7.17. The monoisotopic (exact) mass is 268 g/mol. The minimum atomic E-state index is -0.862. The van der Waals surface area contributed by atoms with Crippen molar-refractivity contribution in [3.8, 4) is 0 Å². The molecule has 19 heavy (non-hydrogen) atoms. The van der Waals surface area contributed by atoms with Crippen LogP contribution in [-0.4, -0.2) is 40.1 Å². The molecule has 3 unspecified atom stereocenters. The van der Waals surface area contributed by atoms with Gasteiger partial charge < -0.3 is 15.3 Å². The molecule has 2 N–H and O–H groups in total. The van der Waals surface area contributed by atoms with E-state index in [-0.39, 0.29) is 17.5 Å². The van der Waals surface area contributed by atoms with E-state index >= 15 is 0 Å². The number of carbonyl (C=O) groups is 2. The molecule has 0 spiro atoms. The number of nitrogens with one attached hydrogen (secondary N) is 1. The summed E-state index contributed by atoms with van der Waals surface area (Å²) in [5, 5.41) is 12.4. The van der Waals surface area contributed by atoms with E-state index in [1.807, 2.05) is 20.8 Å². The van der Waals surface area contributed by atoms with Crippen LogP contribution >= 0.6 is 0 Å². The summed E-state index contributed by atoms with van der Waals surface area (Å²) in [6, 6.07) is -0.867. The van der Waals surface area contributed by atoms with Crippen molar-refractivity contribution in [1.82, 2.24) is 10.2 Å². The lowest BCUT2D eigenvalue weighted by Gasteiger charge is -2.31. The highest BCUT2D eigenvalue weighted by atomic mass is 16.4. The molecule has 1 aliphatic heterocycles. The third-order valence-corrected chi connectivity index (χ3v) is 4.73. The predicted octanol–water partition coefficient (Wildman–Crippen LogP) is 2.07. The number of urea groups is 1. The van der Waals surface area contributed by atoms with Crippen LogP contribution < -0.4 is 5.32 Å². The summed E-state index contributed by atoms with van der Waals surface area (Å²) in [6.45, 7) is 6.51. The smallest absolute Gasteiger partial charge is 0.326 e. The normalized spacial score (nSPS) is 30.3. The van der Waals surface area contributed by atoms with Crippen LogP contribution in [-0.2, 0) is 4.79 Å². The molecule has 2 amide bonds. The van der Waals surface area contributed by atoms with Crippen LogP contribution in [0.4, 0.5) is 4.79 Å². The van der Waals surface area contributed by atoms with Gasteiger partial charge in [-0.2, -0.15) is 0 Å². The molecule has 5 nitrogen and oxygen atoms in total. The molecular formula is C14H24N2O3. The molecular weight excluding hydrogens is 244 g/mol. The molecule has 5 heteroatoms. The fourth-order valence-electron chi connectivity index (χ4n) is 3.28. The van der Waals surface area contributed by atoms with Crippen molar-refractivity contribution in [2.24, 2.45) is 11.8 Å². The average Bonchev–Trinajstić information content (AvgIpc) is 2.86. The molecule has 1 aliphatic carbocycles. The molecule has 1 heterocycles.